The van der Waals surface area contributed by atoms with Crippen LogP contribution in [0.5, 0.6) is 0 Å². The Hall–Kier alpha value is -1.17. The standard InChI is InChI=1S/C14H19N3OS/c1-10(12-3-5-19-8-12)17-9-16-6-13(17)14(15)11-2-4-18-7-11/h3,5-6,8-11,14H,2,4,7,15H2,1H3. The molecule has 3 unspecified atom stereocenters. The van der Waals surface area contributed by atoms with E-state index in [1.165, 1.54) is 5.56 Å². The van der Waals surface area contributed by atoms with Gasteiger partial charge in [-0.3, -0.25) is 0 Å². The van der Waals surface area contributed by atoms with Crippen LogP contribution in [0.2, 0.25) is 0 Å². The lowest BCUT2D eigenvalue weighted by Gasteiger charge is -2.22. The van der Waals surface area contributed by atoms with Gasteiger partial charge in [-0.25, -0.2) is 4.98 Å². The average Bonchev–Trinajstić information content (AvgIpc) is 3.16. The SMILES string of the molecule is CC(c1ccsc1)n1cncc1C(N)C1CCOC1. The van der Waals surface area contributed by atoms with Gasteiger partial charge in [0.1, 0.15) is 0 Å². The maximum atomic E-state index is 6.40. The Bertz CT molecular complexity index is 517. The predicted octanol–water partition coefficient (Wildman–Crippen LogP) is 2.59. The van der Waals surface area contributed by atoms with Crippen molar-refractivity contribution in [1.29, 1.82) is 0 Å². The summed E-state index contributed by atoms with van der Waals surface area (Å²) in [5, 5.41) is 4.28. The van der Waals surface area contributed by atoms with Crippen LogP contribution < -0.4 is 5.73 Å². The molecule has 1 fully saturated rings. The van der Waals surface area contributed by atoms with Gasteiger partial charge in [0.2, 0.25) is 0 Å². The second-order valence-corrected chi connectivity index (χ2v) is 5.89. The summed E-state index contributed by atoms with van der Waals surface area (Å²) < 4.78 is 7.63. The minimum absolute atomic E-state index is 0.00563. The Morgan fingerprint density at radius 3 is 3.16 bits per heavy atom. The van der Waals surface area contributed by atoms with Crippen LogP contribution in [0.3, 0.4) is 0 Å². The Labute approximate surface area is 117 Å². The molecule has 0 aromatic carbocycles. The molecule has 0 spiro atoms. The van der Waals surface area contributed by atoms with Crippen LogP contribution in [0.1, 0.15) is 36.7 Å². The molecule has 2 aromatic rings. The molecule has 4 nitrogen and oxygen atoms in total. The third kappa shape index (κ3) is 2.45. The molecular weight excluding hydrogens is 258 g/mol. The highest BCUT2D eigenvalue weighted by molar-refractivity contribution is 7.07. The number of hydrogen-bond donors (Lipinski definition) is 1. The molecule has 0 aliphatic carbocycles. The molecule has 19 heavy (non-hydrogen) atoms. The second kappa shape index (κ2) is 5.45. The van der Waals surface area contributed by atoms with E-state index >= 15 is 0 Å². The molecule has 1 saturated heterocycles. The van der Waals surface area contributed by atoms with Crippen LogP contribution in [0, 0.1) is 5.92 Å². The molecule has 3 rings (SSSR count). The average molecular weight is 277 g/mol. The zero-order valence-corrected chi connectivity index (χ0v) is 11.8. The van der Waals surface area contributed by atoms with Crippen molar-refractivity contribution in [3.8, 4) is 0 Å². The van der Waals surface area contributed by atoms with Gasteiger partial charge in [-0.05, 0) is 35.7 Å². The third-order valence-electron chi connectivity index (χ3n) is 3.95. The highest BCUT2D eigenvalue weighted by Crippen LogP contribution is 2.30. The molecule has 1 aliphatic rings. The van der Waals surface area contributed by atoms with E-state index in [4.69, 9.17) is 10.5 Å². The fourth-order valence-corrected chi connectivity index (χ4v) is 3.39. The van der Waals surface area contributed by atoms with Crippen LogP contribution >= 0.6 is 11.3 Å². The minimum Gasteiger partial charge on any atom is -0.381 e. The minimum atomic E-state index is 0.00563. The lowest BCUT2D eigenvalue weighted by Crippen LogP contribution is -2.25. The Morgan fingerprint density at radius 1 is 1.58 bits per heavy atom. The van der Waals surface area contributed by atoms with Crippen molar-refractivity contribution in [1.82, 2.24) is 9.55 Å². The van der Waals surface area contributed by atoms with Crippen molar-refractivity contribution in [2.24, 2.45) is 11.7 Å². The van der Waals surface area contributed by atoms with Crippen LogP contribution in [0.15, 0.2) is 29.4 Å². The predicted molar refractivity (Wildman–Crippen MR) is 76.2 cm³/mol. The first-order chi connectivity index (χ1) is 9.27. The molecule has 0 amide bonds. The largest absolute Gasteiger partial charge is 0.381 e. The van der Waals surface area contributed by atoms with E-state index in [2.05, 4.69) is 33.3 Å². The van der Waals surface area contributed by atoms with Gasteiger partial charge in [-0.2, -0.15) is 11.3 Å². The molecule has 5 heteroatoms. The zero-order chi connectivity index (χ0) is 13.2. The first-order valence-electron chi connectivity index (χ1n) is 6.64. The van der Waals surface area contributed by atoms with Crippen molar-refractivity contribution in [3.63, 3.8) is 0 Å². The van der Waals surface area contributed by atoms with Gasteiger partial charge < -0.3 is 15.0 Å². The maximum Gasteiger partial charge on any atom is 0.0954 e. The van der Waals surface area contributed by atoms with Gasteiger partial charge in [-0.15, -0.1) is 0 Å². The Balaban J connectivity index is 1.85. The van der Waals surface area contributed by atoms with Crippen molar-refractivity contribution < 1.29 is 4.74 Å². The smallest absolute Gasteiger partial charge is 0.0954 e. The number of aromatic nitrogens is 2. The zero-order valence-electron chi connectivity index (χ0n) is 11.0. The van der Waals surface area contributed by atoms with Crippen molar-refractivity contribution in [2.75, 3.05) is 13.2 Å². The van der Waals surface area contributed by atoms with Gasteiger partial charge in [0.05, 0.1) is 30.7 Å². The van der Waals surface area contributed by atoms with Crippen LogP contribution in [0.4, 0.5) is 0 Å². The molecule has 0 radical (unpaired) electrons. The van der Waals surface area contributed by atoms with Crippen molar-refractivity contribution in [2.45, 2.75) is 25.4 Å². The topological polar surface area (TPSA) is 53.1 Å². The number of nitrogens with zero attached hydrogens (tertiary/aromatic N) is 2. The molecule has 1 aliphatic heterocycles. The van der Waals surface area contributed by atoms with E-state index in [9.17, 15) is 0 Å². The summed E-state index contributed by atoms with van der Waals surface area (Å²) in [6.07, 6.45) is 4.82. The number of nitrogens with two attached hydrogens (primary N) is 1. The van der Waals surface area contributed by atoms with E-state index < -0.39 is 0 Å². The van der Waals surface area contributed by atoms with Crippen LogP contribution in [-0.2, 0) is 4.74 Å². The van der Waals surface area contributed by atoms with Gasteiger partial charge in [-0.1, -0.05) is 0 Å². The second-order valence-electron chi connectivity index (χ2n) is 5.11. The first-order valence-corrected chi connectivity index (χ1v) is 7.59. The van der Waals surface area contributed by atoms with E-state index in [1.807, 2.05) is 12.5 Å². The summed E-state index contributed by atoms with van der Waals surface area (Å²) >= 11 is 1.72. The molecular formula is C14H19N3OS. The normalized spacial score (nSPS) is 22.5. The van der Waals surface area contributed by atoms with Gasteiger partial charge >= 0.3 is 0 Å². The van der Waals surface area contributed by atoms with E-state index in [1.54, 1.807) is 11.3 Å². The molecule has 0 bridgehead atoms. The molecule has 2 aromatic heterocycles. The number of ether oxygens (including phenoxy) is 1. The van der Waals surface area contributed by atoms with E-state index in [-0.39, 0.29) is 12.1 Å². The van der Waals surface area contributed by atoms with Crippen LogP contribution in [-0.4, -0.2) is 22.8 Å². The van der Waals surface area contributed by atoms with E-state index in [0.29, 0.717) is 5.92 Å². The molecule has 102 valence electrons. The fourth-order valence-electron chi connectivity index (χ4n) is 2.65. The Kier molecular flexibility index (Phi) is 3.68. The highest BCUT2D eigenvalue weighted by Gasteiger charge is 2.27. The number of imidazole rings is 1. The third-order valence-corrected chi connectivity index (χ3v) is 4.65. The lowest BCUT2D eigenvalue weighted by molar-refractivity contribution is 0.180. The van der Waals surface area contributed by atoms with E-state index in [0.717, 1.165) is 25.3 Å². The number of thiophene rings is 1. The molecule has 2 N–H and O–H groups in total. The van der Waals surface area contributed by atoms with Gasteiger partial charge in [0.15, 0.2) is 0 Å². The summed E-state index contributed by atoms with van der Waals surface area (Å²) in [7, 11) is 0. The summed E-state index contributed by atoms with van der Waals surface area (Å²) in [6, 6.07) is 2.44. The summed E-state index contributed by atoms with van der Waals surface area (Å²) in [4.78, 5) is 4.29. The van der Waals surface area contributed by atoms with Gasteiger partial charge in [0.25, 0.3) is 0 Å². The first kappa shape index (κ1) is 12.8. The Morgan fingerprint density at radius 2 is 2.47 bits per heavy atom. The highest BCUT2D eigenvalue weighted by atomic mass is 32.1. The molecule has 0 saturated carbocycles. The maximum absolute atomic E-state index is 6.40. The van der Waals surface area contributed by atoms with Gasteiger partial charge in [0, 0.05) is 18.7 Å². The summed E-state index contributed by atoms with van der Waals surface area (Å²) in [5.74, 6) is 0.408. The quantitative estimate of drug-likeness (QED) is 0.934. The number of rotatable bonds is 4. The van der Waals surface area contributed by atoms with Crippen molar-refractivity contribution >= 4 is 11.3 Å². The fraction of sp³-hybridized carbons (Fsp3) is 0.500. The van der Waals surface area contributed by atoms with Crippen LogP contribution in [0.25, 0.3) is 0 Å². The molecule has 3 atom stereocenters. The molecule has 3 heterocycles. The summed E-state index contributed by atoms with van der Waals surface area (Å²) in [5.41, 5.74) is 8.81. The summed E-state index contributed by atoms with van der Waals surface area (Å²) in [6.45, 7) is 3.77. The lowest BCUT2D eigenvalue weighted by atomic mass is 9.97. The van der Waals surface area contributed by atoms with Crippen molar-refractivity contribution in [3.05, 3.63) is 40.6 Å². The monoisotopic (exact) mass is 277 g/mol. The number of hydrogen-bond acceptors (Lipinski definition) is 4.